The molecule has 0 spiro atoms. The van der Waals surface area contributed by atoms with Gasteiger partial charge >= 0.3 is 0 Å². The standard InChI is InChI=1S/C12H13ClN2O3S/c1-14-8-9-6-7-12(18-9)19(16,17)15-11-5-3-2-4-10(11)13/h2-7,14-15H,8H2,1H3. The summed E-state index contributed by atoms with van der Waals surface area (Å²) in [5.41, 5.74) is 0.315. The van der Waals surface area contributed by atoms with Crippen molar-refractivity contribution in [3.8, 4) is 0 Å². The van der Waals surface area contributed by atoms with Crippen LogP contribution in [-0.2, 0) is 16.6 Å². The topological polar surface area (TPSA) is 71.3 Å². The summed E-state index contributed by atoms with van der Waals surface area (Å²) in [4.78, 5) is 0. The Hall–Kier alpha value is -1.50. The highest BCUT2D eigenvalue weighted by Crippen LogP contribution is 2.24. The number of hydrogen-bond acceptors (Lipinski definition) is 4. The second kappa shape index (κ2) is 5.64. The molecule has 102 valence electrons. The zero-order chi connectivity index (χ0) is 13.9. The summed E-state index contributed by atoms with van der Waals surface area (Å²) in [5.74, 6) is 0.544. The molecular formula is C12H13ClN2O3S. The van der Waals surface area contributed by atoms with E-state index in [0.29, 0.717) is 23.0 Å². The average molecular weight is 301 g/mol. The summed E-state index contributed by atoms with van der Waals surface area (Å²) in [6.45, 7) is 0.460. The molecule has 1 aromatic heterocycles. The number of hydrogen-bond donors (Lipinski definition) is 2. The Morgan fingerprint density at radius 2 is 1.95 bits per heavy atom. The Kier molecular flexibility index (Phi) is 4.14. The minimum Gasteiger partial charge on any atom is -0.446 e. The van der Waals surface area contributed by atoms with E-state index in [0.717, 1.165) is 0 Å². The molecule has 0 saturated carbocycles. The lowest BCUT2D eigenvalue weighted by molar-refractivity contribution is 0.408. The van der Waals surface area contributed by atoms with Gasteiger partial charge in [-0.25, -0.2) is 0 Å². The molecule has 7 heteroatoms. The van der Waals surface area contributed by atoms with E-state index < -0.39 is 10.0 Å². The lowest BCUT2D eigenvalue weighted by Gasteiger charge is -2.07. The zero-order valence-electron chi connectivity index (χ0n) is 10.2. The maximum atomic E-state index is 12.1. The maximum absolute atomic E-state index is 12.1. The van der Waals surface area contributed by atoms with Crippen molar-refractivity contribution in [2.45, 2.75) is 11.6 Å². The molecule has 2 aromatic rings. The summed E-state index contributed by atoms with van der Waals surface area (Å²) in [6, 6.07) is 9.62. The lowest BCUT2D eigenvalue weighted by Crippen LogP contribution is -2.12. The highest BCUT2D eigenvalue weighted by Gasteiger charge is 2.19. The minimum atomic E-state index is -3.76. The van der Waals surface area contributed by atoms with Crippen molar-refractivity contribution in [2.75, 3.05) is 11.8 Å². The predicted octanol–water partition coefficient (Wildman–Crippen LogP) is 2.45. The fourth-order valence-corrected chi connectivity index (χ4v) is 2.78. The van der Waals surface area contributed by atoms with Crippen molar-refractivity contribution >= 4 is 27.3 Å². The summed E-state index contributed by atoms with van der Waals surface area (Å²) < 4.78 is 31.8. The summed E-state index contributed by atoms with van der Waals surface area (Å²) >= 11 is 5.91. The minimum absolute atomic E-state index is 0.141. The third-order valence-corrected chi connectivity index (χ3v) is 3.94. The molecule has 0 saturated heterocycles. The van der Waals surface area contributed by atoms with E-state index in [2.05, 4.69) is 10.0 Å². The summed E-state index contributed by atoms with van der Waals surface area (Å²) in [7, 11) is -2.01. The number of nitrogens with one attached hydrogen (secondary N) is 2. The molecule has 0 aliphatic heterocycles. The van der Waals surface area contributed by atoms with Crippen molar-refractivity contribution in [3.05, 3.63) is 47.2 Å². The van der Waals surface area contributed by atoms with Gasteiger partial charge in [-0.05, 0) is 31.3 Å². The first-order chi connectivity index (χ1) is 9.03. The number of anilines is 1. The van der Waals surface area contributed by atoms with Crippen molar-refractivity contribution in [1.82, 2.24) is 5.32 Å². The van der Waals surface area contributed by atoms with Crippen LogP contribution < -0.4 is 10.0 Å². The molecule has 5 nitrogen and oxygen atoms in total. The molecule has 1 aromatic carbocycles. The first kappa shape index (κ1) is 13.9. The van der Waals surface area contributed by atoms with Gasteiger partial charge in [-0.3, -0.25) is 4.72 Å². The normalized spacial score (nSPS) is 11.5. The van der Waals surface area contributed by atoms with Gasteiger partial charge in [-0.1, -0.05) is 23.7 Å². The third-order valence-electron chi connectivity index (χ3n) is 2.37. The lowest BCUT2D eigenvalue weighted by atomic mass is 10.3. The first-order valence-corrected chi connectivity index (χ1v) is 7.40. The van der Waals surface area contributed by atoms with Gasteiger partial charge in [-0.15, -0.1) is 0 Å². The molecule has 0 amide bonds. The Balaban J connectivity index is 2.25. The average Bonchev–Trinajstić information content (AvgIpc) is 2.82. The van der Waals surface area contributed by atoms with E-state index in [4.69, 9.17) is 16.0 Å². The first-order valence-electron chi connectivity index (χ1n) is 5.53. The monoisotopic (exact) mass is 300 g/mol. The number of sulfonamides is 1. The third kappa shape index (κ3) is 3.28. The second-order valence-corrected chi connectivity index (χ2v) is 5.86. The number of para-hydroxylation sites is 1. The molecule has 0 aliphatic rings. The molecular weight excluding hydrogens is 288 g/mol. The molecule has 0 fully saturated rings. The second-order valence-electron chi connectivity index (χ2n) is 3.84. The van der Waals surface area contributed by atoms with Crippen LogP contribution in [0.25, 0.3) is 0 Å². The van der Waals surface area contributed by atoms with Crippen LogP contribution in [0.4, 0.5) is 5.69 Å². The molecule has 2 rings (SSSR count). The van der Waals surface area contributed by atoms with E-state index in [1.807, 2.05) is 0 Å². The molecule has 0 radical (unpaired) electrons. The summed E-state index contributed by atoms with van der Waals surface area (Å²) in [5, 5.41) is 3.06. The predicted molar refractivity (Wildman–Crippen MR) is 73.7 cm³/mol. The molecule has 0 bridgehead atoms. The molecule has 0 atom stereocenters. The van der Waals surface area contributed by atoms with Gasteiger partial charge in [0.2, 0.25) is 5.09 Å². The van der Waals surface area contributed by atoms with Crippen LogP contribution in [0.1, 0.15) is 5.76 Å². The van der Waals surface area contributed by atoms with Crippen molar-refractivity contribution < 1.29 is 12.8 Å². The quantitative estimate of drug-likeness (QED) is 0.890. The van der Waals surface area contributed by atoms with Crippen LogP contribution >= 0.6 is 11.6 Å². The van der Waals surface area contributed by atoms with Crippen molar-refractivity contribution in [3.63, 3.8) is 0 Å². The summed E-state index contributed by atoms with van der Waals surface area (Å²) in [6.07, 6.45) is 0. The smallest absolute Gasteiger partial charge is 0.295 e. The van der Waals surface area contributed by atoms with Gasteiger partial charge in [0, 0.05) is 0 Å². The molecule has 0 aliphatic carbocycles. The Morgan fingerprint density at radius 3 is 2.63 bits per heavy atom. The fourth-order valence-electron chi connectivity index (χ4n) is 1.51. The van der Waals surface area contributed by atoms with Gasteiger partial charge in [0.15, 0.2) is 0 Å². The Labute approximate surface area is 116 Å². The van der Waals surface area contributed by atoms with Crippen LogP contribution in [0, 0.1) is 0 Å². The van der Waals surface area contributed by atoms with Crippen molar-refractivity contribution in [1.29, 1.82) is 0 Å². The highest BCUT2D eigenvalue weighted by molar-refractivity contribution is 7.92. The molecule has 19 heavy (non-hydrogen) atoms. The molecule has 1 heterocycles. The van der Waals surface area contributed by atoms with E-state index in [9.17, 15) is 8.42 Å². The van der Waals surface area contributed by atoms with Crippen LogP contribution in [0.2, 0.25) is 5.02 Å². The van der Waals surface area contributed by atoms with E-state index in [-0.39, 0.29) is 5.09 Å². The van der Waals surface area contributed by atoms with E-state index >= 15 is 0 Å². The van der Waals surface area contributed by atoms with Crippen LogP contribution in [-0.4, -0.2) is 15.5 Å². The Morgan fingerprint density at radius 1 is 1.21 bits per heavy atom. The molecule has 2 N–H and O–H groups in total. The number of furan rings is 1. The number of halogens is 1. The largest absolute Gasteiger partial charge is 0.446 e. The van der Waals surface area contributed by atoms with E-state index in [1.165, 1.54) is 6.07 Å². The van der Waals surface area contributed by atoms with Crippen LogP contribution in [0.3, 0.4) is 0 Å². The van der Waals surface area contributed by atoms with Gasteiger partial charge in [0.1, 0.15) is 5.76 Å². The number of benzene rings is 1. The molecule has 0 unspecified atom stereocenters. The maximum Gasteiger partial charge on any atom is 0.295 e. The van der Waals surface area contributed by atoms with Gasteiger partial charge in [-0.2, -0.15) is 8.42 Å². The van der Waals surface area contributed by atoms with Crippen molar-refractivity contribution in [2.24, 2.45) is 0 Å². The van der Waals surface area contributed by atoms with Gasteiger partial charge < -0.3 is 9.73 Å². The van der Waals surface area contributed by atoms with Gasteiger partial charge in [0.05, 0.1) is 17.3 Å². The van der Waals surface area contributed by atoms with Gasteiger partial charge in [0.25, 0.3) is 10.0 Å². The zero-order valence-corrected chi connectivity index (χ0v) is 11.8. The number of rotatable bonds is 5. The fraction of sp³-hybridized carbons (Fsp3) is 0.167. The SMILES string of the molecule is CNCc1ccc(S(=O)(=O)Nc2ccccc2Cl)o1. The van der Waals surface area contributed by atoms with Crippen LogP contribution in [0.5, 0.6) is 0 Å². The Bertz CT molecular complexity index is 667. The van der Waals surface area contributed by atoms with E-state index in [1.54, 1.807) is 37.4 Å². The highest BCUT2D eigenvalue weighted by atomic mass is 35.5. The van der Waals surface area contributed by atoms with Crippen LogP contribution in [0.15, 0.2) is 45.9 Å².